The van der Waals surface area contributed by atoms with E-state index in [2.05, 4.69) is 28.3 Å². The molecule has 1 aliphatic heterocycles. The number of benzene rings is 1. The molecule has 1 saturated heterocycles. The summed E-state index contributed by atoms with van der Waals surface area (Å²) < 4.78 is 0.995. The van der Waals surface area contributed by atoms with Gasteiger partial charge in [-0.05, 0) is 24.3 Å². The van der Waals surface area contributed by atoms with Crippen molar-refractivity contribution in [2.75, 3.05) is 46.3 Å². The molecular weight excluding hydrogens is 318 g/mol. The fraction of sp³-hybridized carbons (Fsp3) is 0.533. The molecule has 1 fully saturated rings. The molecular formula is C15H24BrN3O+2. The number of hydrogen-bond acceptors (Lipinski definition) is 1. The van der Waals surface area contributed by atoms with Crippen molar-refractivity contribution in [1.29, 1.82) is 0 Å². The van der Waals surface area contributed by atoms with E-state index < -0.39 is 0 Å². The Kier molecular flexibility index (Phi) is 6.01. The Hall–Kier alpha value is -0.910. The summed E-state index contributed by atoms with van der Waals surface area (Å²) in [6.45, 7) is 6.97. The van der Waals surface area contributed by atoms with Crippen molar-refractivity contribution in [3.63, 3.8) is 0 Å². The van der Waals surface area contributed by atoms with E-state index in [9.17, 15) is 4.79 Å². The number of halogens is 1. The molecule has 1 aromatic rings. The average molecular weight is 342 g/mol. The lowest BCUT2D eigenvalue weighted by Gasteiger charge is -2.27. The first-order valence-electron chi connectivity index (χ1n) is 7.34. The molecule has 4 nitrogen and oxygen atoms in total. The summed E-state index contributed by atoms with van der Waals surface area (Å²) in [5.74, 6) is 0.0234. The number of carbonyl (C=O) groups excluding carboxylic acids is 1. The second-order valence-electron chi connectivity index (χ2n) is 5.57. The zero-order valence-electron chi connectivity index (χ0n) is 12.0. The lowest BCUT2D eigenvalue weighted by atomic mass is 10.2. The van der Waals surface area contributed by atoms with Gasteiger partial charge in [0.05, 0.1) is 13.6 Å². The van der Waals surface area contributed by atoms with E-state index in [0.717, 1.165) is 29.5 Å². The molecule has 0 bridgehead atoms. The normalized spacial score (nSPS) is 22.5. The molecule has 0 aliphatic carbocycles. The third kappa shape index (κ3) is 4.89. The SMILES string of the molecule is C[NH+]1CC[NH+](CCCNC(=O)c2ccc(Br)cc2)CC1. The van der Waals surface area contributed by atoms with Crippen molar-refractivity contribution in [1.82, 2.24) is 5.32 Å². The van der Waals surface area contributed by atoms with E-state index in [0.29, 0.717) is 0 Å². The summed E-state index contributed by atoms with van der Waals surface area (Å²) in [4.78, 5) is 15.2. The Morgan fingerprint density at radius 3 is 2.50 bits per heavy atom. The molecule has 20 heavy (non-hydrogen) atoms. The Labute approximate surface area is 129 Å². The number of piperazine rings is 1. The Morgan fingerprint density at radius 1 is 1.20 bits per heavy atom. The topological polar surface area (TPSA) is 38.0 Å². The van der Waals surface area contributed by atoms with Crippen molar-refractivity contribution in [3.05, 3.63) is 34.3 Å². The molecule has 0 atom stereocenters. The van der Waals surface area contributed by atoms with Gasteiger partial charge in [0.15, 0.2) is 0 Å². The number of nitrogens with one attached hydrogen (secondary N) is 3. The quantitative estimate of drug-likeness (QED) is 0.589. The minimum absolute atomic E-state index is 0.0234. The third-order valence-corrected chi connectivity index (χ3v) is 4.44. The van der Waals surface area contributed by atoms with Gasteiger partial charge < -0.3 is 15.1 Å². The minimum Gasteiger partial charge on any atom is -0.352 e. The van der Waals surface area contributed by atoms with Gasteiger partial charge in [0.2, 0.25) is 0 Å². The summed E-state index contributed by atoms with van der Waals surface area (Å²) in [5.41, 5.74) is 0.726. The van der Waals surface area contributed by atoms with Gasteiger partial charge in [-0.25, -0.2) is 0 Å². The third-order valence-electron chi connectivity index (χ3n) is 3.91. The molecule has 110 valence electrons. The van der Waals surface area contributed by atoms with Crippen LogP contribution in [0.2, 0.25) is 0 Å². The fourth-order valence-electron chi connectivity index (χ4n) is 2.52. The average Bonchev–Trinajstić information content (AvgIpc) is 2.46. The van der Waals surface area contributed by atoms with E-state index in [1.165, 1.54) is 26.2 Å². The van der Waals surface area contributed by atoms with Crippen LogP contribution >= 0.6 is 15.9 Å². The van der Waals surface area contributed by atoms with Crippen molar-refractivity contribution in [2.24, 2.45) is 0 Å². The van der Waals surface area contributed by atoms with E-state index in [4.69, 9.17) is 0 Å². The van der Waals surface area contributed by atoms with Gasteiger partial charge in [-0.3, -0.25) is 4.79 Å². The van der Waals surface area contributed by atoms with Gasteiger partial charge >= 0.3 is 0 Å². The summed E-state index contributed by atoms with van der Waals surface area (Å²) >= 11 is 3.37. The van der Waals surface area contributed by atoms with Crippen LogP contribution in [0.1, 0.15) is 16.8 Å². The largest absolute Gasteiger partial charge is 0.352 e. The zero-order chi connectivity index (χ0) is 14.4. The molecule has 1 aliphatic rings. The predicted molar refractivity (Wildman–Crippen MR) is 83.3 cm³/mol. The number of likely N-dealkylation sites (N-methyl/N-ethyl adjacent to an activating group) is 1. The molecule has 0 spiro atoms. The van der Waals surface area contributed by atoms with E-state index >= 15 is 0 Å². The van der Waals surface area contributed by atoms with Gasteiger partial charge in [-0.1, -0.05) is 15.9 Å². The number of quaternary nitrogens is 2. The summed E-state index contributed by atoms with van der Waals surface area (Å²) in [7, 11) is 2.26. The number of rotatable bonds is 5. The highest BCUT2D eigenvalue weighted by atomic mass is 79.9. The van der Waals surface area contributed by atoms with E-state index in [1.807, 2.05) is 24.3 Å². The Morgan fingerprint density at radius 2 is 1.85 bits per heavy atom. The van der Waals surface area contributed by atoms with Crippen LogP contribution in [0.25, 0.3) is 0 Å². The number of amides is 1. The highest BCUT2D eigenvalue weighted by Crippen LogP contribution is 2.10. The lowest BCUT2D eigenvalue weighted by molar-refractivity contribution is -1.00. The van der Waals surface area contributed by atoms with Gasteiger partial charge in [-0.15, -0.1) is 0 Å². The maximum atomic E-state index is 11.9. The molecule has 0 saturated carbocycles. The van der Waals surface area contributed by atoms with Crippen LogP contribution in [0.15, 0.2) is 28.7 Å². The van der Waals surface area contributed by atoms with Gasteiger partial charge in [0, 0.05) is 23.0 Å². The van der Waals surface area contributed by atoms with Crippen LogP contribution in [0, 0.1) is 0 Å². The number of hydrogen-bond donors (Lipinski definition) is 3. The van der Waals surface area contributed by atoms with Crippen molar-refractivity contribution in [3.8, 4) is 0 Å². The minimum atomic E-state index is 0.0234. The van der Waals surface area contributed by atoms with Crippen LogP contribution < -0.4 is 15.1 Å². The first-order chi connectivity index (χ1) is 9.65. The standard InChI is InChI=1S/C15H22BrN3O/c1-18-9-11-19(12-10-18)8-2-7-17-15(20)13-3-5-14(16)6-4-13/h3-6H,2,7-12H2,1H3,(H,17,20)/p+2. The predicted octanol–water partition coefficient (Wildman–Crippen LogP) is -1.02. The molecule has 1 aromatic carbocycles. The molecule has 1 heterocycles. The molecule has 2 rings (SSSR count). The molecule has 0 aromatic heterocycles. The van der Waals surface area contributed by atoms with Crippen LogP contribution in [-0.4, -0.2) is 52.2 Å². The van der Waals surface area contributed by atoms with Crippen LogP contribution in [-0.2, 0) is 0 Å². The monoisotopic (exact) mass is 341 g/mol. The summed E-state index contributed by atoms with van der Waals surface area (Å²) in [5, 5.41) is 2.99. The zero-order valence-corrected chi connectivity index (χ0v) is 13.6. The Balaban J connectivity index is 1.63. The number of carbonyl (C=O) groups is 1. The second-order valence-corrected chi connectivity index (χ2v) is 6.49. The van der Waals surface area contributed by atoms with Gasteiger partial charge in [0.1, 0.15) is 26.2 Å². The highest BCUT2D eigenvalue weighted by Gasteiger charge is 2.18. The molecule has 0 unspecified atom stereocenters. The maximum absolute atomic E-state index is 11.9. The lowest BCUT2D eigenvalue weighted by Crippen LogP contribution is -3.27. The fourth-order valence-corrected chi connectivity index (χ4v) is 2.79. The Bertz CT molecular complexity index is 427. The van der Waals surface area contributed by atoms with Crippen molar-refractivity contribution in [2.45, 2.75) is 6.42 Å². The first kappa shape index (κ1) is 15.5. The van der Waals surface area contributed by atoms with E-state index in [-0.39, 0.29) is 5.91 Å². The van der Waals surface area contributed by atoms with Gasteiger partial charge in [0.25, 0.3) is 5.91 Å². The molecule has 5 heteroatoms. The highest BCUT2D eigenvalue weighted by molar-refractivity contribution is 9.10. The van der Waals surface area contributed by atoms with Crippen LogP contribution in [0.3, 0.4) is 0 Å². The molecule has 0 radical (unpaired) electrons. The van der Waals surface area contributed by atoms with E-state index in [1.54, 1.807) is 9.80 Å². The first-order valence-corrected chi connectivity index (χ1v) is 8.13. The van der Waals surface area contributed by atoms with Crippen LogP contribution in [0.5, 0.6) is 0 Å². The molecule has 1 amide bonds. The van der Waals surface area contributed by atoms with Crippen LogP contribution in [0.4, 0.5) is 0 Å². The smallest absolute Gasteiger partial charge is 0.251 e. The maximum Gasteiger partial charge on any atom is 0.251 e. The summed E-state index contributed by atoms with van der Waals surface area (Å²) in [6, 6.07) is 7.47. The molecule has 3 N–H and O–H groups in total. The summed E-state index contributed by atoms with van der Waals surface area (Å²) in [6.07, 6.45) is 1.05. The van der Waals surface area contributed by atoms with Gasteiger partial charge in [-0.2, -0.15) is 0 Å². The van der Waals surface area contributed by atoms with Crippen molar-refractivity contribution >= 4 is 21.8 Å². The van der Waals surface area contributed by atoms with Crippen molar-refractivity contribution < 1.29 is 14.6 Å². The second kappa shape index (κ2) is 7.76.